The molecule has 2 N–H and O–H groups in total. The van der Waals surface area contributed by atoms with Gasteiger partial charge in [0.2, 0.25) is 0 Å². The summed E-state index contributed by atoms with van der Waals surface area (Å²) in [6, 6.07) is 1.68. The summed E-state index contributed by atoms with van der Waals surface area (Å²) < 4.78 is 9.82. The SMILES string of the molecule is COCc1cc(N)nc(COC)n1. The van der Waals surface area contributed by atoms with E-state index in [1.807, 2.05) is 0 Å². The standard InChI is InChI=1S/C8H13N3O2/c1-12-4-6-3-7(9)11-8(10-6)5-13-2/h3H,4-5H2,1-2H3,(H2,9,10,11). The zero-order chi connectivity index (χ0) is 9.68. The number of anilines is 1. The topological polar surface area (TPSA) is 70.3 Å². The highest BCUT2D eigenvalue weighted by Crippen LogP contribution is 2.04. The highest BCUT2D eigenvalue weighted by Gasteiger charge is 2.01. The molecule has 5 nitrogen and oxygen atoms in total. The molecular formula is C8H13N3O2. The molecule has 0 saturated carbocycles. The molecule has 0 fully saturated rings. The number of methoxy groups -OCH3 is 2. The third-order valence-corrected chi connectivity index (χ3v) is 1.41. The number of hydrogen-bond donors (Lipinski definition) is 1. The number of ether oxygens (including phenoxy) is 2. The highest BCUT2D eigenvalue weighted by molar-refractivity contribution is 5.29. The lowest BCUT2D eigenvalue weighted by molar-refractivity contribution is 0.170. The van der Waals surface area contributed by atoms with Crippen LogP contribution in [0.3, 0.4) is 0 Å². The number of nitrogen functional groups attached to an aromatic ring is 1. The summed E-state index contributed by atoms with van der Waals surface area (Å²) in [5.74, 6) is 1.02. The van der Waals surface area contributed by atoms with Crippen LogP contribution in [-0.2, 0) is 22.7 Å². The maximum atomic E-state index is 5.56. The summed E-state index contributed by atoms with van der Waals surface area (Å²) in [7, 11) is 3.19. The first-order chi connectivity index (χ1) is 6.26. The van der Waals surface area contributed by atoms with E-state index < -0.39 is 0 Å². The first-order valence-corrected chi connectivity index (χ1v) is 3.86. The summed E-state index contributed by atoms with van der Waals surface area (Å²) in [5, 5.41) is 0. The molecule has 0 saturated heterocycles. The third-order valence-electron chi connectivity index (χ3n) is 1.41. The van der Waals surface area contributed by atoms with Crippen LogP contribution in [0.1, 0.15) is 11.5 Å². The van der Waals surface area contributed by atoms with Crippen LogP contribution >= 0.6 is 0 Å². The molecule has 72 valence electrons. The van der Waals surface area contributed by atoms with Crippen LogP contribution in [0.15, 0.2) is 6.07 Å². The monoisotopic (exact) mass is 183 g/mol. The van der Waals surface area contributed by atoms with Gasteiger partial charge in [0, 0.05) is 20.3 Å². The lowest BCUT2D eigenvalue weighted by Crippen LogP contribution is -2.04. The maximum absolute atomic E-state index is 5.56. The number of hydrogen-bond acceptors (Lipinski definition) is 5. The Kier molecular flexibility index (Phi) is 3.60. The second kappa shape index (κ2) is 4.74. The number of nitrogens with two attached hydrogens (primary N) is 1. The van der Waals surface area contributed by atoms with E-state index >= 15 is 0 Å². The summed E-state index contributed by atoms with van der Waals surface area (Å²) in [6.07, 6.45) is 0. The molecule has 1 rings (SSSR count). The van der Waals surface area contributed by atoms with E-state index in [1.54, 1.807) is 20.3 Å². The van der Waals surface area contributed by atoms with Crippen molar-refractivity contribution >= 4 is 5.82 Å². The fourth-order valence-electron chi connectivity index (χ4n) is 0.991. The molecule has 1 aromatic rings. The van der Waals surface area contributed by atoms with Gasteiger partial charge in [0.25, 0.3) is 0 Å². The van der Waals surface area contributed by atoms with Crippen LogP contribution in [0.25, 0.3) is 0 Å². The van der Waals surface area contributed by atoms with Crippen LogP contribution in [-0.4, -0.2) is 24.2 Å². The first kappa shape index (κ1) is 9.88. The second-order valence-electron chi connectivity index (χ2n) is 2.57. The van der Waals surface area contributed by atoms with Crippen molar-refractivity contribution in [3.63, 3.8) is 0 Å². The molecule has 13 heavy (non-hydrogen) atoms. The highest BCUT2D eigenvalue weighted by atomic mass is 16.5. The molecule has 0 amide bonds. The Morgan fingerprint density at radius 3 is 2.54 bits per heavy atom. The van der Waals surface area contributed by atoms with Gasteiger partial charge in [-0.2, -0.15) is 0 Å². The van der Waals surface area contributed by atoms with Crippen molar-refractivity contribution in [3.05, 3.63) is 17.6 Å². The van der Waals surface area contributed by atoms with E-state index in [2.05, 4.69) is 9.97 Å². The Morgan fingerprint density at radius 1 is 1.23 bits per heavy atom. The Labute approximate surface area is 76.9 Å². The van der Waals surface area contributed by atoms with E-state index in [9.17, 15) is 0 Å². The van der Waals surface area contributed by atoms with Gasteiger partial charge < -0.3 is 15.2 Å². The largest absolute Gasteiger partial charge is 0.384 e. The lowest BCUT2D eigenvalue weighted by Gasteiger charge is -2.03. The van der Waals surface area contributed by atoms with Gasteiger partial charge in [0.15, 0.2) is 5.82 Å². The Hall–Kier alpha value is -1.20. The van der Waals surface area contributed by atoms with Gasteiger partial charge >= 0.3 is 0 Å². The van der Waals surface area contributed by atoms with E-state index in [-0.39, 0.29) is 0 Å². The summed E-state index contributed by atoms with van der Waals surface area (Å²) in [5.41, 5.74) is 6.32. The molecule has 0 spiro atoms. The van der Waals surface area contributed by atoms with Gasteiger partial charge in [-0.1, -0.05) is 0 Å². The molecule has 1 aromatic heterocycles. The summed E-state index contributed by atoms with van der Waals surface area (Å²) in [6.45, 7) is 0.797. The fourth-order valence-corrected chi connectivity index (χ4v) is 0.991. The van der Waals surface area contributed by atoms with Gasteiger partial charge in [-0.05, 0) is 0 Å². The smallest absolute Gasteiger partial charge is 0.156 e. The zero-order valence-corrected chi connectivity index (χ0v) is 7.78. The average Bonchev–Trinajstić information content (AvgIpc) is 2.04. The first-order valence-electron chi connectivity index (χ1n) is 3.86. The summed E-state index contributed by atoms with van der Waals surface area (Å²) in [4.78, 5) is 8.16. The van der Waals surface area contributed by atoms with Crippen molar-refractivity contribution in [3.8, 4) is 0 Å². The third kappa shape index (κ3) is 2.96. The van der Waals surface area contributed by atoms with Gasteiger partial charge in [0.1, 0.15) is 12.4 Å². The molecule has 0 aliphatic carbocycles. The maximum Gasteiger partial charge on any atom is 0.156 e. The zero-order valence-electron chi connectivity index (χ0n) is 7.78. The van der Waals surface area contributed by atoms with Crippen LogP contribution < -0.4 is 5.73 Å². The van der Waals surface area contributed by atoms with E-state index in [4.69, 9.17) is 15.2 Å². The molecule has 0 bridgehead atoms. The molecule has 0 aliphatic heterocycles. The number of aromatic nitrogens is 2. The van der Waals surface area contributed by atoms with Crippen molar-refractivity contribution < 1.29 is 9.47 Å². The Balaban J connectivity index is 2.83. The summed E-state index contributed by atoms with van der Waals surface area (Å²) >= 11 is 0. The van der Waals surface area contributed by atoms with E-state index in [0.717, 1.165) is 5.69 Å². The normalized spacial score (nSPS) is 10.3. The predicted molar refractivity (Wildman–Crippen MR) is 47.9 cm³/mol. The molecule has 0 atom stereocenters. The van der Waals surface area contributed by atoms with Crippen LogP contribution in [0.4, 0.5) is 5.82 Å². The van der Waals surface area contributed by atoms with Crippen LogP contribution in [0, 0.1) is 0 Å². The molecule has 0 radical (unpaired) electrons. The minimum Gasteiger partial charge on any atom is -0.384 e. The van der Waals surface area contributed by atoms with E-state index in [0.29, 0.717) is 24.9 Å². The molecule has 0 unspecified atom stereocenters. The van der Waals surface area contributed by atoms with Crippen molar-refractivity contribution in [2.45, 2.75) is 13.2 Å². The predicted octanol–water partition coefficient (Wildman–Crippen LogP) is 0.352. The van der Waals surface area contributed by atoms with Crippen molar-refractivity contribution in [1.29, 1.82) is 0 Å². The van der Waals surface area contributed by atoms with Gasteiger partial charge in [-0.15, -0.1) is 0 Å². The minimum absolute atomic E-state index is 0.363. The minimum atomic E-state index is 0.363. The van der Waals surface area contributed by atoms with Crippen molar-refractivity contribution in [1.82, 2.24) is 9.97 Å². The quantitative estimate of drug-likeness (QED) is 0.729. The van der Waals surface area contributed by atoms with E-state index in [1.165, 1.54) is 0 Å². The molecule has 5 heteroatoms. The number of rotatable bonds is 4. The van der Waals surface area contributed by atoms with Crippen LogP contribution in [0.5, 0.6) is 0 Å². The van der Waals surface area contributed by atoms with Crippen molar-refractivity contribution in [2.24, 2.45) is 0 Å². The molecular weight excluding hydrogens is 170 g/mol. The van der Waals surface area contributed by atoms with Gasteiger partial charge in [0.05, 0.1) is 12.3 Å². The Morgan fingerprint density at radius 2 is 1.92 bits per heavy atom. The average molecular weight is 183 g/mol. The van der Waals surface area contributed by atoms with Crippen molar-refractivity contribution in [2.75, 3.05) is 20.0 Å². The number of nitrogens with zero attached hydrogens (tertiary/aromatic N) is 2. The van der Waals surface area contributed by atoms with Crippen LogP contribution in [0.2, 0.25) is 0 Å². The molecule has 1 heterocycles. The van der Waals surface area contributed by atoms with Gasteiger partial charge in [-0.3, -0.25) is 0 Å². The lowest BCUT2D eigenvalue weighted by atomic mass is 10.4. The molecule has 0 aromatic carbocycles. The molecule has 0 aliphatic rings. The Bertz CT molecular complexity index is 254. The fraction of sp³-hybridized carbons (Fsp3) is 0.500. The van der Waals surface area contributed by atoms with Gasteiger partial charge in [-0.25, -0.2) is 9.97 Å². The second-order valence-corrected chi connectivity index (χ2v) is 2.57.